The van der Waals surface area contributed by atoms with Gasteiger partial charge in [-0.1, -0.05) is 23.7 Å². The average Bonchev–Trinajstić information content (AvgIpc) is 2.30. The number of halogens is 2. The molecule has 16 heavy (non-hydrogen) atoms. The van der Waals surface area contributed by atoms with Gasteiger partial charge in [-0.2, -0.15) is 0 Å². The first-order valence-electron chi connectivity index (χ1n) is 5.28. The summed E-state index contributed by atoms with van der Waals surface area (Å²) >= 11 is 5.72. The molecule has 4 heteroatoms. The summed E-state index contributed by atoms with van der Waals surface area (Å²) in [4.78, 5) is 0. The smallest absolute Gasteiger partial charge is 0.145 e. The lowest BCUT2D eigenvalue weighted by Gasteiger charge is -2.16. The molecule has 0 fully saturated rings. The van der Waals surface area contributed by atoms with Crippen LogP contribution in [0, 0.1) is 5.82 Å². The molecule has 1 aromatic carbocycles. The van der Waals surface area contributed by atoms with Gasteiger partial charge in [-0.15, -0.1) is 0 Å². The van der Waals surface area contributed by atoms with E-state index in [-0.39, 0.29) is 16.9 Å². The highest BCUT2D eigenvalue weighted by Crippen LogP contribution is 2.19. The van der Waals surface area contributed by atoms with Crippen LogP contribution in [0.3, 0.4) is 0 Å². The fraction of sp³-hybridized carbons (Fsp3) is 0.500. The third-order valence-corrected chi connectivity index (χ3v) is 2.87. The minimum absolute atomic E-state index is 0.180. The quantitative estimate of drug-likeness (QED) is 0.832. The maximum atomic E-state index is 13.6. The van der Waals surface area contributed by atoms with Gasteiger partial charge in [0, 0.05) is 19.8 Å². The Morgan fingerprint density at radius 3 is 2.88 bits per heavy atom. The first-order valence-corrected chi connectivity index (χ1v) is 5.66. The highest BCUT2D eigenvalue weighted by Gasteiger charge is 2.12. The Hall–Kier alpha value is -0.640. The van der Waals surface area contributed by atoms with Crippen LogP contribution in [0.25, 0.3) is 0 Å². The Labute approximate surface area is 101 Å². The van der Waals surface area contributed by atoms with E-state index in [0.29, 0.717) is 18.6 Å². The van der Waals surface area contributed by atoms with Gasteiger partial charge in [-0.05, 0) is 31.5 Å². The molecule has 0 heterocycles. The summed E-state index contributed by atoms with van der Waals surface area (Å²) in [6.07, 6.45) is 1.46. The zero-order chi connectivity index (χ0) is 12.0. The average molecular weight is 246 g/mol. The number of nitrogens with one attached hydrogen (secondary N) is 1. The van der Waals surface area contributed by atoms with Crippen LogP contribution in [0.2, 0.25) is 5.02 Å². The van der Waals surface area contributed by atoms with Crippen molar-refractivity contribution < 1.29 is 9.13 Å². The van der Waals surface area contributed by atoms with E-state index in [1.807, 2.05) is 7.05 Å². The molecular weight excluding hydrogens is 229 g/mol. The second-order valence-corrected chi connectivity index (χ2v) is 4.09. The Balaban J connectivity index is 2.66. The Bertz CT molecular complexity index is 333. The molecule has 0 saturated carbocycles. The van der Waals surface area contributed by atoms with E-state index in [9.17, 15) is 4.39 Å². The van der Waals surface area contributed by atoms with Crippen molar-refractivity contribution in [3.05, 3.63) is 34.6 Å². The lowest BCUT2D eigenvalue weighted by Crippen LogP contribution is -2.29. The zero-order valence-electron chi connectivity index (χ0n) is 9.59. The van der Waals surface area contributed by atoms with Crippen LogP contribution in [-0.2, 0) is 11.2 Å². The molecule has 0 aliphatic carbocycles. The van der Waals surface area contributed by atoms with Gasteiger partial charge >= 0.3 is 0 Å². The van der Waals surface area contributed by atoms with Crippen molar-refractivity contribution in [2.24, 2.45) is 0 Å². The molecule has 1 aromatic rings. The van der Waals surface area contributed by atoms with Gasteiger partial charge in [0.05, 0.1) is 5.02 Å². The molecule has 1 atom stereocenters. The van der Waals surface area contributed by atoms with Crippen LogP contribution >= 0.6 is 11.6 Å². The number of methoxy groups -OCH3 is 1. The molecule has 0 radical (unpaired) electrons. The summed E-state index contributed by atoms with van der Waals surface area (Å²) in [5.74, 6) is -0.318. The first-order chi connectivity index (χ1) is 7.69. The van der Waals surface area contributed by atoms with Crippen molar-refractivity contribution in [1.29, 1.82) is 0 Å². The maximum Gasteiger partial charge on any atom is 0.145 e. The molecular formula is C12H17ClFNO. The summed E-state index contributed by atoms with van der Waals surface area (Å²) in [5.41, 5.74) is 0.642. The molecule has 90 valence electrons. The van der Waals surface area contributed by atoms with Crippen LogP contribution in [0.4, 0.5) is 4.39 Å². The lowest BCUT2D eigenvalue weighted by atomic mass is 10.0. The Kier molecular flexibility index (Phi) is 5.74. The van der Waals surface area contributed by atoms with E-state index in [2.05, 4.69) is 5.32 Å². The van der Waals surface area contributed by atoms with Gasteiger partial charge in [0.15, 0.2) is 0 Å². The second-order valence-electron chi connectivity index (χ2n) is 3.68. The van der Waals surface area contributed by atoms with Gasteiger partial charge < -0.3 is 10.1 Å². The van der Waals surface area contributed by atoms with Crippen LogP contribution in [-0.4, -0.2) is 26.8 Å². The monoisotopic (exact) mass is 245 g/mol. The van der Waals surface area contributed by atoms with Crippen LogP contribution < -0.4 is 5.32 Å². The fourth-order valence-electron chi connectivity index (χ4n) is 1.58. The first kappa shape index (κ1) is 13.4. The second kappa shape index (κ2) is 6.84. The van der Waals surface area contributed by atoms with E-state index >= 15 is 0 Å². The number of hydrogen-bond acceptors (Lipinski definition) is 2. The van der Waals surface area contributed by atoms with Gasteiger partial charge in [-0.25, -0.2) is 4.39 Å². The molecule has 0 amide bonds. The van der Waals surface area contributed by atoms with Gasteiger partial charge in [0.25, 0.3) is 0 Å². The van der Waals surface area contributed by atoms with E-state index < -0.39 is 0 Å². The Morgan fingerprint density at radius 1 is 1.50 bits per heavy atom. The predicted octanol–water partition coefficient (Wildman–Crippen LogP) is 2.65. The van der Waals surface area contributed by atoms with Crippen LogP contribution in [0.15, 0.2) is 18.2 Å². The molecule has 0 saturated heterocycles. The predicted molar refractivity (Wildman–Crippen MR) is 64.5 cm³/mol. The minimum atomic E-state index is -0.318. The van der Waals surface area contributed by atoms with Gasteiger partial charge in [-0.3, -0.25) is 0 Å². The third kappa shape index (κ3) is 3.74. The molecule has 1 N–H and O–H groups in total. The number of rotatable bonds is 6. The van der Waals surface area contributed by atoms with Crippen molar-refractivity contribution in [2.75, 3.05) is 20.8 Å². The summed E-state index contributed by atoms with van der Waals surface area (Å²) in [6.45, 7) is 0.660. The lowest BCUT2D eigenvalue weighted by molar-refractivity contribution is 0.183. The van der Waals surface area contributed by atoms with E-state index in [0.717, 1.165) is 6.42 Å². The van der Waals surface area contributed by atoms with E-state index in [1.54, 1.807) is 25.3 Å². The molecule has 1 rings (SSSR count). The fourth-order valence-corrected chi connectivity index (χ4v) is 1.77. The molecule has 0 bridgehead atoms. The van der Waals surface area contributed by atoms with Gasteiger partial charge in [0.1, 0.15) is 5.82 Å². The van der Waals surface area contributed by atoms with Crippen molar-refractivity contribution in [3.63, 3.8) is 0 Å². The number of ether oxygens (including phenoxy) is 1. The molecule has 0 aromatic heterocycles. The topological polar surface area (TPSA) is 21.3 Å². The highest BCUT2D eigenvalue weighted by atomic mass is 35.5. The van der Waals surface area contributed by atoms with Crippen molar-refractivity contribution in [1.82, 2.24) is 5.32 Å². The SMILES string of the molecule is CNC(CCOC)Cc1cccc(Cl)c1F. The maximum absolute atomic E-state index is 13.6. The normalized spacial score (nSPS) is 12.8. The molecule has 0 aliphatic heterocycles. The van der Waals surface area contributed by atoms with Crippen LogP contribution in [0.5, 0.6) is 0 Å². The summed E-state index contributed by atoms with van der Waals surface area (Å²) in [7, 11) is 3.52. The number of likely N-dealkylation sites (N-methyl/N-ethyl adjacent to an activating group) is 1. The molecule has 2 nitrogen and oxygen atoms in total. The van der Waals surface area contributed by atoms with Crippen molar-refractivity contribution >= 4 is 11.6 Å². The number of hydrogen-bond donors (Lipinski definition) is 1. The minimum Gasteiger partial charge on any atom is -0.385 e. The summed E-state index contributed by atoms with van der Waals surface area (Å²) < 4.78 is 18.6. The largest absolute Gasteiger partial charge is 0.385 e. The highest BCUT2D eigenvalue weighted by molar-refractivity contribution is 6.30. The van der Waals surface area contributed by atoms with Gasteiger partial charge in [0.2, 0.25) is 0 Å². The standard InChI is InChI=1S/C12H17ClFNO/c1-15-10(6-7-16-2)8-9-4-3-5-11(13)12(9)14/h3-5,10,15H,6-8H2,1-2H3. The van der Waals surface area contributed by atoms with E-state index in [1.165, 1.54) is 0 Å². The molecule has 0 aliphatic rings. The Morgan fingerprint density at radius 2 is 2.25 bits per heavy atom. The zero-order valence-corrected chi connectivity index (χ0v) is 10.4. The van der Waals surface area contributed by atoms with Crippen molar-refractivity contribution in [2.45, 2.75) is 18.9 Å². The summed E-state index contributed by atoms with van der Waals surface area (Å²) in [5, 5.41) is 3.32. The molecule has 1 unspecified atom stereocenters. The van der Waals surface area contributed by atoms with Crippen molar-refractivity contribution in [3.8, 4) is 0 Å². The number of benzene rings is 1. The van der Waals surface area contributed by atoms with E-state index in [4.69, 9.17) is 16.3 Å². The van der Waals surface area contributed by atoms with Crippen LogP contribution in [0.1, 0.15) is 12.0 Å². The third-order valence-electron chi connectivity index (χ3n) is 2.58. The summed E-state index contributed by atoms with van der Waals surface area (Å²) in [6, 6.07) is 5.29. The molecule has 0 spiro atoms.